The van der Waals surface area contributed by atoms with Crippen LogP contribution in [-0.2, 0) is 0 Å². The Morgan fingerprint density at radius 3 is 2.00 bits per heavy atom. The first-order chi connectivity index (χ1) is 5.95. The number of hydrogen-bond donors (Lipinski definition) is 1. The van der Waals surface area contributed by atoms with Crippen molar-refractivity contribution in [1.29, 1.82) is 0 Å². The molecule has 2 N–H and O–H groups in total. The fourth-order valence-electron chi connectivity index (χ4n) is 1.45. The topological polar surface area (TPSA) is 41.6 Å². The van der Waals surface area contributed by atoms with Crippen LogP contribution in [0.5, 0.6) is 0 Å². The molecule has 0 radical (unpaired) electrons. The maximum atomic E-state index is 5.46. The van der Waals surface area contributed by atoms with Crippen LogP contribution in [0.15, 0.2) is 4.99 Å². The highest BCUT2D eigenvalue weighted by atomic mass is 15.2. The van der Waals surface area contributed by atoms with Crippen LogP contribution >= 0.6 is 0 Å². The highest BCUT2D eigenvalue weighted by Crippen LogP contribution is 2.03. The first-order valence-electron chi connectivity index (χ1n) is 4.97. The lowest BCUT2D eigenvalue weighted by atomic mass is 10.2. The van der Waals surface area contributed by atoms with E-state index < -0.39 is 0 Å². The van der Waals surface area contributed by atoms with Gasteiger partial charge in [-0.15, -0.1) is 0 Å². The van der Waals surface area contributed by atoms with Gasteiger partial charge in [0.05, 0.1) is 12.4 Å². The zero-order valence-corrected chi connectivity index (χ0v) is 9.54. The number of hydrogen-bond acceptors (Lipinski definition) is 2. The van der Waals surface area contributed by atoms with Crippen LogP contribution in [0.25, 0.3) is 0 Å². The minimum absolute atomic E-state index is 0.577. The Morgan fingerprint density at radius 2 is 1.69 bits per heavy atom. The zero-order valence-electron chi connectivity index (χ0n) is 9.54. The van der Waals surface area contributed by atoms with E-state index in [2.05, 4.69) is 37.6 Å². The van der Waals surface area contributed by atoms with E-state index in [1.54, 1.807) is 0 Å². The molecule has 0 fully saturated rings. The molecule has 0 unspecified atom stereocenters. The van der Waals surface area contributed by atoms with Gasteiger partial charge in [-0.2, -0.15) is 0 Å². The SMILES string of the molecule is CC(N)=NCCN(C(C)C)C(C)C. The fourth-order valence-corrected chi connectivity index (χ4v) is 1.45. The monoisotopic (exact) mass is 185 g/mol. The number of nitrogens with zero attached hydrogens (tertiary/aromatic N) is 2. The van der Waals surface area contributed by atoms with E-state index in [1.807, 2.05) is 6.92 Å². The molecule has 3 heteroatoms. The van der Waals surface area contributed by atoms with E-state index in [4.69, 9.17) is 5.73 Å². The summed E-state index contributed by atoms with van der Waals surface area (Å²) in [6, 6.07) is 1.15. The standard InChI is InChI=1S/C10H23N3/c1-8(2)13(9(3)4)7-6-12-10(5)11/h8-9H,6-7H2,1-5H3,(H2,11,12). The highest BCUT2D eigenvalue weighted by Gasteiger charge is 2.11. The molecule has 0 saturated heterocycles. The lowest BCUT2D eigenvalue weighted by Gasteiger charge is -2.29. The van der Waals surface area contributed by atoms with Crippen LogP contribution in [-0.4, -0.2) is 35.9 Å². The molecule has 0 spiro atoms. The second-order valence-electron chi connectivity index (χ2n) is 3.95. The Morgan fingerprint density at radius 1 is 1.23 bits per heavy atom. The van der Waals surface area contributed by atoms with Crippen LogP contribution < -0.4 is 5.73 Å². The summed E-state index contributed by atoms with van der Waals surface area (Å²) in [5.41, 5.74) is 5.46. The summed E-state index contributed by atoms with van der Waals surface area (Å²) in [7, 11) is 0. The van der Waals surface area contributed by atoms with Crippen LogP contribution in [0.4, 0.5) is 0 Å². The molecular formula is C10H23N3. The average molecular weight is 185 g/mol. The van der Waals surface area contributed by atoms with Crippen LogP contribution in [0.1, 0.15) is 34.6 Å². The summed E-state index contributed by atoms with van der Waals surface area (Å²) in [6.07, 6.45) is 0. The summed E-state index contributed by atoms with van der Waals surface area (Å²) in [5, 5.41) is 0. The summed E-state index contributed by atoms with van der Waals surface area (Å²) in [6.45, 7) is 12.5. The first kappa shape index (κ1) is 12.4. The van der Waals surface area contributed by atoms with Gasteiger partial charge in [-0.3, -0.25) is 9.89 Å². The van der Waals surface area contributed by atoms with Gasteiger partial charge in [0.1, 0.15) is 0 Å². The minimum atomic E-state index is 0.577. The van der Waals surface area contributed by atoms with Crippen molar-refractivity contribution in [1.82, 2.24) is 4.90 Å². The van der Waals surface area contributed by atoms with E-state index >= 15 is 0 Å². The molecule has 0 aliphatic rings. The smallest absolute Gasteiger partial charge is 0.0906 e. The maximum Gasteiger partial charge on any atom is 0.0906 e. The molecule has 0 aromatic rings. The molecule has 0 amide bonds. The third-order valence-electron chi connectivity index (χ3n) is 2.05. The lowest BCUT2D eigenvalue weighted by molar-refractivity contribution is 0.181. The van der Waals surface area contributed by atoms with Crippen molar-refractivity contribution in [2.24, 2.45) is 10.7 Å². The van der Waals surface area contributed by atoms with E-state index in [1.165, 1.54) is 0 Å². The van der Waals surface area contributed by atoms with E-state index in [-0.39, 0.29) is 0 Å². The molecule has 0 aromatic heterocycles. The van der Waals surface area contributed by atoms with E-state index in [9.17, 15) is 0 Å². The van der Waals surface area contributed by atoms with Gasteiger partial charge in [-0.1, -0.05) is 0 Å². The molecule has 13 heavy (non-hydrogen) atoms. The molecule has 0 heterocycles. The molecule has 0 aliphatic carbocycles. The predicted octanol–water partition coefficient (Wildman–Crippen LogP) is 1.48. The quantitative estimate of drug-likeness (QED) is 0.521. The van der Waals surface area contributed by atoms with Gasteiger partial charge < -0.3 is 5.73 Å². The number of aliphatic imine (C=N–C) groups is 1. The van der Waals surface area contributed by atoms with Crippen molar-refractivity contribution in [3.8, 4) is 0 Å². The Hall–Kier alpha value is -0.570. The van der Waals surface area contributed by atoms with Crippen molar-refractivity contribution in [2.45, 2.75) is 46.7 Å². The molecule has 0 aromatic carbocycles. The summed E-state index contributed by atoms with van der Waals surface area (Å²) >= 11 is 0. The molecule has 0 saturated carbocycles. The Kier molecular flexibility index (Phi) is 5.71. The largest absolute Gasteiger partial charge is 0.388 e. The fraction of sp³-hybridized carbons (Fsp3) is 0.900. The van der Waals surface area contributed by atoms with E-state index in [0.717, 1.165) is 13.1 Å². The second kappa shape index (κ2) is 5.97. The molecule has 78 valence electrons. The highest BCUT2D eigenvalue weighted by molar-refractivity contribution is 5.77. The Labute approximate surface area is 82.0 Å². The van der Waals surface area contributed by atoms with Crippen LogP contribution in [0, 0.1) is 0 Å². The van der Waals surface area contributed by atoms with Crippen molar-refractivity contribution < 1.29 is 0 Å². The number of nitrogens with two attached hydrogens (primary N) is 1. The van der Waals surface area contributed by atoms with Gasteiger partial charge in [-0.05, 0) is 34.6 Å². The Balaban J connectivity index is 3.91. The third kappa shape index (κ3) is 5.64. The van der Waals surface area contributed by atoms with Gasteiger partial charge >= 0.3 is 0 Å². The van der Waals surface area contributed by atoms with Gasteiger partial charge in [0.2, 0.25) is 0 Å². The third-order valence-corrected chi connectivity index (χ3v) is 2.05. The lowest BCUT2D eigenvalue weighted by Crippen LogP contribution is -2.38. The van der Waals surface area contributed by atoms with Crippen molar-refractivity contribution in [3.05, 3.63) is 0 Å². The van der Waals surface area contributed by atoms with Crippen molar-refractivity contribution in [3.63, 3.8) is 0 Å². The Bertz CT molecular complexity index is 150. The zero-order chi connectivity index (χ0) is 10.4. The van der Waals surface area contributed by atoms with Gasteiger partial charge in [0.15, 0.2) is 0 Å². The van der Waals surface area contributed by atoms with Crippen molar-refractivity contribution in [2.75, 3.05) is 13.1 Å². The molecule has 3 nitrogen and oxygen atoms in total. The second-order valence-corrected chi connectivity index (χ2v) is 3.95. The van der Waals surface area contributed by atoms with Gasteiger partial charge in [-0.25, -0.2) is 0 Å². The molecule has 0 rings (SSSR count). The average Bonchev–Trinajstić information content (AvgIpc) is 1.95. The molecule has 0 bridgehead atoms. The summed E-state index contributed by atoms with van der Waals surface area (Å²) in [5.74, 6) is 0.674. The van der Waals surface area contributed by atoms with E-state index in [0.29, 0.717) is 17.9 Å². The molecular weight excluding hydrogens is 162 g/mol. The summed E-state index contributed by atoms with van der Waals surface area (Å²) < 4.78 is 0. The minimum Gasteiger partial charge on any atom is -0.388 e. The maximum absolute atomic E-state index is 5.46. The molecule has 0 atom stereocenters. The van der Waals surface area contributed by atoms with Gasteiger partial charge in [0, 0.05) is 18.6 Å². The summed E-state index contributed by atoms with van der Waals surface area (Å²) in [4.78, 5) is 6.59. The normalized spacial score (nSPS) is 13.4. The van der Waals surface area contributed by atoms with Crippen LogP contribution in [0.3, 0.4) is 0 Å². The van der Waals surface area contributed by atoms with Crippen LogP contribution in [0.2, 0.25) is 0 Å². The van der Waals surface area contributed by atoms with Crippen molar-refractivity contribution >= 4 is 5.84 Å². The number of amidine groups is 1. The molecule has 0 aliphatic heterocycles. The predicted molar refractivity (Wildman–Crippen MR) is 59.1 cm³/mol. The first-order valence-corrected chi connectivity index (χ1v) is 4.97. The number of rotatable bonds is 5. The van der Waals surface area contributed by atoms with Gasteiger partial charge in [0.25, 0.3) is 0 Å².